The fraction of sp³-hybridized carbons (Fsp3) is 0.500. The van der Waals surface area contributed by atoms with Crippen molar-refractivity contribution in [2.75, 3.05) is 18.1 Å². The van der Waals surface area contributed by atoms with E-state index in [0.717, 1.165) is 16.6 Å². The average molecular weight is 196 g/mol. The van der Waals surface area contributed by atoms with Gasteiger partial charge < -0.3 is 5.32 Å². The van der Waals surface area contributed by atoms with Crippen LogP contribution in [0.15, 0.2) is 23.2 Å². The molecule has 1 N–H and O–H groups in total. The van der Waals surface area contributed by atoms with Crippen LogP contribution in [0.3, 0.4) is 0 Å². The van der Waals surface area contributed by atoms with Crippen molar-refractivity contribution in [3.8, 4) is 0 Å². The molecule has 72 valence electrons. The van der Waals surface area contributed by atoms with Crippen LogP contribution in [0.1, 0.15) is 19.8 Å². The number of nitrogens with one attached hydrogen (secondary N) is 1. The molecular formula is C10H16N2S. The van der Waals surface area contributed by atoms with E-state index in [9.17, 15) is 0 Å². The minimum atomic E-state index is 0.946. The molecule has 0 saturated carbocycles. The molecule has 0 unspecified atom stereocenters. The van der Waals surface area contributed by atoms with Crippen LogP contribution < -0.4 is 5.32 Å². The second-order valence-electron chi connectivity index (χ2n) is 2.81. The SMILES string of the molecule is CCCCSc1cccc(NC)n1. The Morgan fingerprint density at radius 1 is 1.46 bits per heavy atom. The standard InChI is InChI=1S/C10H16N2S/c1-3-4-8-13-10-7-5-6-9(11-2)12-10/h5-7H,3-4,8H2,1-2H3,(H,11,12). The van der Waals surface area contributed by atoms with Gasteiger partial charge in [0, 0.05) is 7.05 Å². The molecule has 0 aliphatic carbocycles. The highest BCUT2D eigenvalue weighted by atomic mass is 32.2. The molecule has 13 heavy (non-hydrogen) atoms. The maximum absolute atomic E-state index is 4.41. The highest BCUT2D eigenvalue weighted by Crippen LogP contribution is 2.18. The first-order chi connectivity index (χ1) is 6.36. The Hall–Kier alpha value is -0.700. The molecule has 0 aliphatic heterocycles. The zero-order valence-corrected chi connectivity index (χ0v) is 9.03. The summed E-state index contributed by atoms with van der Waals surface area (Å²) in [5, 5.41) is 4.14. The fourth-order valence-corrected chi connectivity index (χ4v) is 1.94. The summed E-state index contributed by atoms with van der Waals surface area (Å²) >= 11 is 1.82. The molecule has 0 atom stereocenters. The predicted octanol–water partition coefficient (Wildman–Crippen LogP) is 3.02. The molecule has 0 amide bonds. The Bertz CT molecular complexity index is 250. The fourth-order valence-electron chi connectivity index (χ4n) is 0.956. The van der Waals surface area contributed by atoms with Gasteiger partial charge in [-0.05, 0) is 24.3 Å². The van der Waals surface area contributed by atoms with Gasteiger partial charge in [-0.15, -0.1) is 11.8 Å². The quantitative estimate of drug-likeness (QED) is 0.579. The van der Waals surface area contributed by atoms with E-state index in [1.54, 1.807) is 0 Å². The lowest BCUT2D eigenvalue weighted by atomic mass is 10.4. The van der Waals surface area contributed by atoms with Crippen LogP contribution >= 0.6 is 11.8 Å². The molecule has 0 bridgehead atoms. The Morgan fingerprint density at radius 3 is 3.00 bits per heavy atom. The summed E-state index contributed by atoms with van der Waals surface area (Å²) in [6.07, 6.45) is 2.51. The van der Waals surface area contributed by atoms with Gasteiger partial charge in [-0.25, -0.2) is 4.98 Å². The number of rotatable bonds is 5. The topological polar surface area (TPSA) is 24.9 Å². The van der Waals surface area contributed by atoms with Gasteiger partial charge in [0.15, 0.2) is 0 Å². The van der Waals surface area contributed by atoms with E-state index in [1.807, 2.05) is 30.9 Å². The number of nitrogens with zero attached hydrogens (tertiary/aromatic N) is 1. The van der Waals surface area contributed by atoms with Gasteiger partial charge in [-0.3, -0.25) is 0 Å². The van der Waals surface area contributed by atoms with E-state index >= 15 is 0 Å². The zero-order valence-electron chi connectivity index (χ0n) is 8.21. The van der Waals surface area contributed by atoms with Gasteiger partial charge >= 0.3 is 0 Å². The zero-order chi connectivity index (χ0) is 9.52. The molecule has 0 aromatic carbocycles. The third-order valence-electron chi connectivity index (χ3n) is 1.73. The lowest BCUT2D eigenvalue weighted by Crippen LogP contribution is -1.92. The second kappa shape index (κ2) is 5.86. The van der Waals surface area contributed by atoms with E-state index in [2.05, 4.69) is 23.3 Å². The van der Waals surface area contributed by atoms with Crippen molar-refractivity contribution in [2.24, 2.45) is 0 Å². The molecule has 0 aliphatic rings. The summed E-state index contributed by atoms with van der Waals surface area (Å²) in [5.41, 5.74) is 0. The van der Waals surface area contributed by atoms with Gasteiger partial charge in [-0.1, -0.05) is 19.4 Å². The molecule has 2 nitrogen and oxygen atoms in total. The molecule has 1 aromatic heterocycles. The summed E-state index contributed by atoms with van der Waals surface area (Å²) in [4.78, 5) is 4.41. The van der Waals surface area contributed by atoms with Crippen molar-refractivity contribution in [2.45, 2.75) is 24.8 Å². The van der Waals surface area contributed by atoms with Crippen molar-refractivity contribution >= 4 is 17.6 Å². The van der Waals surface area contributed by atoms with Crippen LogP contribution in [0.4, 0.5) is 5.82 Å². The summed E-state index contributed by atoms with van der Waals surface area (Å²) < 4.78 is 0. The first kappa shape index (κ1) is 10.4. The van der Waals surface area contributed by atoms with Crippen LogP contribution in [-0.4, -0.2) is 17.8 Å². The predicted molar refractivity (Wildman–Crippen MR) is 59.4 cm³/mol. The highest BCUT2D eigenvalue weighted by Gasteiger charge is 1.95. The monoisotopic (exact) mass is 196 g/mol. The third-order valence-corrected chi connectivity index (χ3v) is 2.74. The first-order valence-corrected chi connectivity index (χ1v) is 5.63. The molecule has 1 heterocycles. The molecule has 3 heteroatoms. The van der Waals surface area contributed by atoms with Gasteiger partial charge in [0.1, 0.15) is 5.82 Å². The van der Waals surface area contributed by atoms with Gasteiger partial charge in [-0.2, -0.15) is 0 Å². The van der Waals surface area contributed by atoms with Crippen molar-refractivity contribution in [3.05, 3.63) is 18.2 Å². The molecule has 0 saturated heterocycles. The molecule has 1 rings (SSSR count). The van der Waals surface area contributed by atoms with E-state index < -0.39 is 0 Å². The summed E-state index contributed by atoms with van der Waals surface area (Å²) in [6.45, 7) is 2.21. The molecule has 0 spiro atoms. The number of pyridine rings is 1. The summed E-state index contributed by atoms with van der Waals surface area (Å²) in [5.74, 6) is 2.11. The number of thioether (sulfide) groups is 1. The largest absolute Gasteiger partial charge is 0.373 e. The van der Waals surface area contributed by atoms with Crippen LogP contribution in [0, 0.1) is 0 Å². The Morgan fingerprint density at radius 2 is 2.31 bits per heavy atom. The minimum Gasteiger partial charge on any atom is -0.373 e. The number of anilines is 1. The summed E-state index contributed by atoms with van der Waals surface area (Å²) in [6, 6.07) is 6.07. The molecular weight excluding hydrogens is 180 g/mol. The first-order valence-electron chi connectivity index (χ1n) is 4.64. The van der Waals surface area contributed by atoms with Crippen LogP contribution in [0.2, 0.25) is 0 Å². The van der Waals surface area contributed by atoms with Crippen LogP contribution in [0.25, 0.3) is 0 Å². The van der Waals surface area contributed by atoms with E-state index in [0.29, 0.717) is 0 Å². The molecule has 1 aromatic rings. The van der Waals surface area contributed by atoms with Crippen LogP contribution in [0.5, 0.6) is 0 Å². The lowest BCUT2D eigenvalue weighted by Gasteiger charge is -2.02. The highest BCUT2D eigenvalue weighted by molar-refractivity contribution is 7.99. The maximum atomic E-state index is 4.41. The number of hydrogen-bond acceptors (Lipinski definition) is 3. The number of aromatic nitrogens is 1. The van der Waals surface area contributed by atoms with Gasteiger partial charge in [0.2, 0.25) is 0 Å². The Labute approximate surface area is 84.1 Å². The van der Waals surface area contributed by atoms with Gasteiger partial charge in [0.05, 0.1) is 5.03 Å². The average Bonchev–Trinajstić information content (AvgIpc) is 2.19. The van der Waals surface area contributed by atoms with E-state index in [-0.39, 0.29) is 0 Å². The smallest absolute Gasteiger partial charge is 0.126 e. The van der Waals surface area contributed by atoms with E-state index in [4.69, 9.17) is 0 Å². The second-order valence-corrected chi connectivity index (χ2v) is 3.93. The normalized spacial score (nSPS) is 10.0. The van der Waals surface area contributed by atoms with E-state index in [1.165, 1.54) is 12.8 Å². The van der Waals surface area contributed by atoms with Crippen molar-refractivity contribution < 1.29 is 0 Å². The maximum Gasteiger partial charge on any atom is 0.126 e. The summed E-state index contributed by atoms with van der Waals surface area (Å²) in [7, 11) is 1.89. The molecule has 0 fully saturated rings. The van der Waals surface area contributed by atoms with Crippen molar-refractivity contribution in [3.63, 3.8) is 0 Å². The lowest BCUT2D eigenvalue weighted by molar-refractivity contribution is 0.894. The number of unbranched alkanes of at least 4 members (excludes halogenated alkanes) is 1. The molecule has 0 radical (unpaired) electrons. The van der Waals surface area contributed by atoms with Crippen molar-refractivity contribution in [1.82, 2.24) is 4.98 Å². The Kier molecular flexibility index (Phi) is 4.68. The minimum absolute atomic E-state index is 0.946. The third kappa shape index (κ3) is 3.68. The van der Waals surface area contributed by atoms with Crippen LogP contribution in [-0.2, 0) is 0 Å². The number of hydrogen-bond donors (Lipinski definition) is 1. The Balaban J connectivity index is 2.46. The van der Waals surface area contributed by atoms with Gasteiger partial charge in [0.25, 0.3) is 0 Å². The van der Waals surface area contributed by atoms with Crippen molar-refractivity contribution in [1.29, 1.82) is 0 Å².